The summed E-state index contributed by atoms with van der Waals surface area (Å²) in [5.41, 5.74) is 1.45. The van der Waals surface area contributed by atoms with Crippen molar-refractivity contribution in [3.8, 4) is 5.69 Å². The number of halogens is 3. The third-order valence-electron chi connectivity index (χ3n) is 6.99. The summed E-state index contributed by atoms with van der Waals surface area (Å²) < 4.78 is 45.2. The smallest absolute Gasteiger partial charge is 0.278 e. The molecular weight excluding hydrogens is 483 g/mol. The van der Waals surface area contributed by atoms with Gasteiger partial charge in [-0.1, -0.05) is 6.07 Å². The van der Waals surface area contributed by atoms with Crippen LogP contribution in [-0.4, -0.2) is 36.8 Å². The van der Waals surface area contributed by atoms with Gasteiger partial charge in [0.1, 0.15) is 5.39 Å². The zero-order chi connectivity index (χ0) is 25.9. The third-order valence-corrected chi connectivity index (χ3v) is 6.99. The molecule has 6 rings (SSSR count). The van der Waals surface area contributed by atoms with Gasteiger partial charge in [-0.15, -0.1) is 0 Å². The number of rotatable bonds is 5. The second-order valence-electron chi connectivity index (χ2n) is 10.1. The van der Waals surface area contributed by atoms with E-state index < -0.39 is 24.4 Å². The Morgan fingerprint density at radius 2 is 1.89 bits per heavy atom. The summed E-state index contributed by atoms with van der Waals surface area (Å²) in [5.74, 6) is -2.75. The summed E-state index contributed by atoms with van der Waals surface area (Å²) in [6, 6.07) is 8.84. The molecule has 0 amide bonds. The van der Waals surface area contributed by atoms with Crippen molar-refractivity contribution in [3.05, 3.63) is 69.9 Å². The molecule has 8 nitrogen and oxygen atoms in total. The Labute approximate surface area is 210 Å². The fourth-order valence-electron chi connectivity index (χ4n) is 5.20. The Hall–Kier alpha value is -3.73. The molecule has 3 aromatic heterocycles. The minimum Gasteiger partial charge on any atom is -0.324 e. The predicted octanol–water partition coefficient (Wildman–Crippen LogP) is 4.54. The lowest BCUT2D eigenvalue weighted by atomic mass is 9.76. The van der Waals surface area contributed by atoms with E-state index in [4.69, 9.17) is 0 Å². The molecule has 0 radical (unpaired) electrons. The normalized spacial score (nSPS) is 18.0. The van der Waals surface area contributed by atoms with Crippen molar-refractivity contribution in [1.29, 1.82) is 0 Å². The van der Waals surface area contributed by atoms with Gasteiger partial charge in [0.15, 0.2) is 11.3 Å². The summed E-state index contributed by atoms with van der Waals surface area (Å²) in [4.78, 5) is 26.3. The first kappa shape index (κ1) is 23.7. The molecule has 2 aliphatic rings. The molecule has 4 aromatic rings. The van der Waals surface area contributed by atoms with Crippen LogP contribution in [0.15, 0.2) is 47.5 Å². The SMILES string of the molecule is CC(C)n1c(=O)c2cnc(Nc3ccc4c(c3)CCNC4)nc2n1-c1ccnc(C2(F)CC(F)(F)C2)c1. The maximum Gasteiger partial charge on any atom is 0.278 e. The number of pyridine rings is 1. The van der Waals surface area contributed by atoms with Gasteiger partial charge >= 0.3 is 0 Å². The van der Waals surface area contributed by atoms with E-state index in [9.17, 15) is 13.6 Å². The molecule has 0 bridgehead atoms. The molecular formula is C26H26F3N7O. The fourth-order valence-corrected chi connectivity index (χ4v) is 5.20. The molecule has 0 unspecified atom stereocenters. The zero-order valence-corrected chi connectivity index (χ0v) is 20.4. The highest BCUT2D eigenvalue weighted by atomic mass is 19.3. The largest absolute Gasteiger partial charge is 0.324 e. The van der Waals surface area contributed by atoms with Crippen molar-refractivity contribution in [3.63, 3.8) is 0 Å². The second-order valence-corrected chi connectivity index (χ2v) is 10.1. The summed E-state index contributed by atoms with van der Waals surface area (Å²) in [5, 5.41) is 6.86. The van der Waals surface area contributed by atoms with E-state index in [0.29, 0.717) is 22.7 Å². The average Bonchev–Trinajstić information content (AvgIpc) is 3.14. The number of fused-ring (bicyclic) bond motifs is 2. The van der Waals surface area contributed by atoms with Crippen molar-refractivity contribution < 1.29 is 13.2 Å². The van der Waals surface area contributed by atoms with E-state index in [1.54, 1.807) is 10.7 Å². The molecule has 37 heavy (non-hydrogen) atoms. The Bertz CT molecular complexity index is 1570. The number of alkyl halides is 3. The fraction of sp³-hybridized carbons (Fsp3) is 0.385. The number of hydrogen-bond donors (Lipinski definition) is 2. The molecule has 0 saturated heterocycles. The van der Waals surface area contributed by atoms with Crippen molar-refractivity contribution in [1.82, 2.24) is 29.6 Å². The molecule has 11 heteroatoms. The van der Waals surface area contributed by atoms with Crippen LogP contribution in [0, 0.1) is 0 Å². The van der Waals surface area contributed by atoms with Gasteiger partial charge in [-0.25, -0.2) is 27.5 Å². The number of hydrogen-bond acceptors (Lipinski definition) is 6. The molecule has 1 aliphatic heterocycles. The van der Waals surface area contributed by atoms with Crippen LogP contribution in [0.4, 0.5) is 24.8 Å². The Kier molecular flexibility index (Phi) is 5.37. The first-order valence-electron chi connectivity index (χ1n) is 12.3. The highest BCUT2D eigenvalue weighted by Gasteiger charge is 2.59. The maximum absolute atomic E-state index is 15.2. The third kappa shape index (κ3) is 4.07. The van der Waals surface area contributed by atoms with Gasteiger partial charge in [-0.2, -0.15) is 4.98 Å². The lowest BCUT2D eigenvalue weighted by Crippen LogP contribution is -2.46. The molecule has 1 aliphatic carbocycles. The molecule has 192 valence electrons. The first-order chi connectivity index (χ1) is 17.6. The van der Waals surface area contributed by atoms with Gasteiger partial charge in [0.25, 0.3) is 11.5 Å². The van der Waals surface area contributed by atoms with Crippen molar-refractivity contribution in [2.24, 2.45) is 0 Å². The van der Waals surface area contributed by atoms with Crippen LogP contribution in [0.5, 0.6) is 0 Å². The number of nitrogens with zero attached hydrogens (tertiary/aromatic N) is 5. The molecule has 0 spiro atoms. The van der Waals surface area contributed by atoms with Gasteiger partial charge < -0.3 is 10.6 Å². The molecule has 0 atom stereocenters. The molecule has 2 N–H and O–H groups in total. The van der Waals surface area contributed by atoms with E-state index in [1.807, 2.05) is 19.9 Å². The van der Waals surface area contributed by atoms with Gasteiger partial charge in [0, 0.05) is 30.7 Å². The first-order valence-corrected chi connectivity index (χ1v) is 12.3. The van der Waals surface area contributed by atoms with Crippen LogP contribution in [0.1, 0.15) is 49.6 Å². The molecule has 4 heterocycles. The van der Waals surface area contributed by atoms with Gasteiger partial charge in [-0.05, 0) is 62.2 Å². The molecule has 1 fully saturated rings. The number of anilines is 2. The van der Waals surface area contributed by atoms with Crippen LogP contribution in [0.2, 0.25) is 0 Å². The predicted molar refractivity (Wildman–Crippen MR) is 133 cm³/mol. The topological polar surface area (TPSA) is 89.7 Å². The number of nitrogens with one attached hydrogen (secondary N) is 2. The van der Waals surface area contributed by atoms with E-state index in [1.165, 1.54) is 34.3 Å². The highest BCUT2D eigenvalue weighted by Crippen LogP contribution is 2.54. The minimum absolute atomic E-state index is 0.0866. The van der Waals surface area contributed by atoms with Gasteiger partial charge in [-0.3, -0.25) is 9.78 Å². The second kappa shape index (κ2) is 8.41. The van der Waals surface area contributed by atoms with Crippen LogP contribution in [0.25, 0.3) is 16.7 Å². The van der Waals surface area contributed by atoms with Crippen LogP contribution >= 0.6 is 0 Å². The zero-order valence-electron chi connectivity index (χ0n) is 20.4. The van der Waals surface area contributed by atoms with Crippen LogP contribution < -0.4 is 16.2 Å². The number of aromatic nitrogens is 5. The Morgan fingerprint density at radius 1 is 1.08 bits per heavy atom. The highest BCUT2D eigenvalue weighted by molar-refractivity contribution is 5.77. The quantitative estimate of drug-likeness (QED) is 0.411. The van der Waals surface area contributed by atoms with Crippen molar-refractivity contribution in [2.75, 3.05) is 11.9 Å². The van der Waals surface area contributed by atoms with E-state index in [2.05, 4.69) is 37.7 Å². The summed E-state index contributed by atoms with van der Waals surface area (Å²) in [6.07, 6.45) is 1.94. The Balaban J connectivity index is 1.43. The lowest BCUT2D eigenvalue weighted by molar-refractivity contribution is -0.176. The van der Waals surface area contributed by atoms with Crippen molar-refractivity contribution >= 4 is 22.7 Å². The lowest BCUT2D eigenvalue weighted by Gasteiger charge is -2.40. The maximum atomic E-state index is 15.2. The standard InChI is InChI=1S/C26H26F3N7O/c1-15(2)35-23(37)20-12-32-24(33-18-4-3-17-11-30-7-5-16(17)9-18)34-22(20)36(35)19-6-8-31-21(10-19)25(27)13-26(28,29)14-25/h3-4,6,8-10,12,15,30H,5,7,11,13-14H2,1-2H3,(H,32,33,34). The summed E-state index contributed by atoms with van der Waals surface area (Å²) in [6.45, 7) is 5.44. The van der Waals surface area contributed by atoms with Gasteiger partial charge in [0.05, 0.1) is 24.2 Å². The number of benzene rings is 1. The Morgan fingerprint density at radius 3 is 2.65 bits per heavy atom. The summed E-state index contributed by atoms with van der Waals surface area (Å²) in [7, 11) is 0. The average molecular weight is 510 g/mol. The molecule has 1 aromatic carbocycles. The van der Waals surface area contributed by atoms with Gasteiger partial charge in [0.2, 0.25) is 5.95 Å². The monoisotopic (exact) mass is 509 g/mol. The van der Waals surface area contributed by atoms with Crippen molar-refractivity contribution in [2.45, 2.75) is 57.3 Å². The van der Waals surface area contributed by atoms with E-state index >= 15 is 4.39 Å². The van der Waals surface area contributed by atoms with E-state index in [-0.39, 0.29) is 17.3 Å². The van der Waals surface area contributed by atoms with Crippen LogP contribution in [-0.2, 0) is 18.6 Å². The summed E-state index contributed by atoms with van der Waals surface area (Å²) >= 11 is 0. The van der Waals surface area contributed by atoms with E-state index in [0.717, 1.165) is 25.2 Å². The van der Waals surface area contributed by atoms with Crippen LogP contribution in [0.3, 0.4) is 0 Å². The molecule has 1 saturated carbocycles. The minimum atomic E-state index is -3.05.